The summed E-state index contributed by atoms with van der Waals surface area (Å²) in [4.78, 5) is 25.2. The lowest BCUT2D eigenvalue weighted by Crippen LogP contribution is -2.46. The molecule has 0 bridgehead atoms. The van der Waals surface area contributed by atoms with Gasteiger partial charge in [0.15, 0.2) is 6.23 Å². The number of hydrogen-bond acceptors (Lipinski definition) is 5. The SMILES string of the molecule is CCOC(=O)N1CCC(NC2OC(=O)c3ccccc32)CC1. The van der Waals surface area contributed by atoms with Gasteiger partial charge in [0.1, 0.15) is 0 Å². The average molecular weight is 304 g/mol. The Kier molecular flexibility index (Phi) is 4.29. The van der Waals surface area contributed by atoms with Gasteiger partial charge >= 0.3 is 12.1 Å². The number of hydrogen-bond donors (Lipinski definition) is 1. The highest BCUT2D eigenvalue weighted by molar-refractivity contribution is 5.93. The minimum absolute atomic E-state index is 0.217. The van der Waals surface area contributed by atoms with E-state index < -0.39 is 0 Å². The number of carbonyl (C=O) groups excluding carboxylic acids is 2. The standard InChI is InChI=1S/C16H20N2O4/c1-2-21-16(20)18-9-7-11(8-10-18)17-14-12-5-3-4-6-13(12)15(19)22-14/h3-6,11,14,17H,2,7-10H2,1H3. The van der Waals surface area contributed by atoms with E-state index in [2.05, 4.69) is 5.32 Å². The second-order valence-electron chi connectivity index (χ2n) is 5.50. The molecular formula is C16H20N2O4. The van der Waals surface area contributed by atoms with Crippen LogP contribution in [0.1, 0.15) is 41.9 Å². The Morgan fingerprint density at radius 2 is 2.09 bits per heavy atom. The third-order valence-corrected chi connectivity index (χ3v) is 4.10. The highest BCUT2D eigenvalue weighted by Gasteiger charge is 2.33. The molecule has 1 aromatic carbocycles. The fourth-order valence-electron chi connectivity index (χ4n) is 2.93. The zero-order chi connectivity index (χ0) is 15.5. The summed E-state index contributed by atoms with van der Waals surface area (Å²) >= 11 is 0. The smallest absolute Gasteiger partial charge is 0.409 e. The summed E-state index contributed by atoms with van der Waals surface area (Å²) in [5, 5.41) is 3.37. The lowest BCUT2D eigenvalue weighted by atomic mass is 10.0. The first-order valence-corrected chi connectivity index (χ1v) is 7.66. The van der Waals surface area contributed by atoms with Crippen molar-refractivity contribution in [3.63, 3.8) is 0 Å². The molecule has 0 aromatic heterocycles. The summed E-state index contributed by atoms with van der Waals surface area (Å²) in [5.41, 5.74) is 1.52. The Labute approximate surface area is 129 Å². The second kappa shape index (κ2) is 6.36. The summed E-state index contributed by atoms with van der Waals surface area (Å²) in [6.45, 7) is 3.50. The zero-order valence-corrected chi connectivity index (χ0v) is 12.6. The number of likely N-dealkylation sites (tertiary alicyclic amines) is 1. The van der Waals surface area contributed by atoms with Crippen molar-refractivity contribution in [3.05, 3.63) is 35.4 Å². The van der Waals surface area contributed by atoms with Crippen LogP contribution in [0.25, 0.3) is 0 Å². The van der Waals surface area contributed by atoms with Gasteiger partial charge in [0.25, 0.3) is 0 Å². The molecule has 118 valence electrons. The molecule has 3 rings (SSSR count). The molecule has 22 heavy (non-hydrogen) atoms. The second-order valence-corrected chi connectivity index (χ2v) is 5.50. The van der Waals surface area contributed by atoms with Crippen LogP contribution in [0.15, 0.2) is 24.3 Å². The molecule has 2 aliphatic heterocycles. The summed E-state index contributed by atoms with van der Waals surface area (Å²) < 4.78 is 10.4. The molecule has 1 N–H and O–H groups in total. The molecule has 0 aliphatic carbocycles. The van der Waals surface area contributed by atoms with Crippen molar-refractivity contribution < 1.29 is 19.1 Å². The maximum Gasteiger partial charge on any atom is 0.409 e. The van der Waals surface area contributed by atoms with E-state index in [1.54, 1.807) is 17.9 Å². The number of nitrogens with one attached hydrogen (secondary N) is 1. The molecule has 1 saturated heterocycles. The van der Waals surface area contributed by atoms with E-state index in [9.17, 15) is 9.59 Å². The van der Waals surface area contributed by atoms with E-state index in [1.165, 1.54) is 0 Å². The van der Waals surface area contributed by atoms with Gasteiger partial charge < -0.3 is 14.4 Å². The monoisotopic (exact) mass is 304 g/mol. The van der Waals surface area contributed by atoms with Crippen LogP contribution >= 0.6 is 0 Å². The van der Waals surface area contributed by atoms with Crippen molar-refractivity contribution in [2.24, 2.45) is 0 Å². The van der Waals surface area contributed by atoms with Crippen molar-refractivity contribution in [2.45, 2.75) is 32.0 Å². The van der Waals surface area contributed by atoms with Crippen LogP contribution < -0.4 is 5.32 Å². The fraction of sp³-hybridized carbons (Fsp3) is 0.500. The molecule has 6 nitrogen and oxygen atoms in total. The van der Waals surface area contributed by atoms with E-state index in [-0.39, 0.29) is 24.3 Å². The summed E-state index contributed by atoms with van der Waals surface area (Å²) in [6.07, 6.45) is 0.991. The summed E-state index contributed by atoms with van der Waals surface area (Å²) in [7, 11) is 0. The van der Waals surface area contributed by atoms with Crippen LogP contribution in [0.4, 0.5) is 4.79 Å². The number of amides is 1. The first-order valence-electron chi connectivity index (χ1n) is 7.66. The minimum atomic E-state index is -0.386. The van der Waals surface area contributed by atoms with E-state index in [1.807, 2.05) is 18.2 Å². The number of esters is 1. The number of cyclic esters (lactones) is 1. The van der Waals surface area contributed by atoms with E-state index in [0.29, 0.717) is 25.3 Å². The average Bonchev–Trinajstić information content (AvgIpc) is 2.85. The number of rotatable bonds is 3. The third kappa shape index (κ3) is 2.92. The number of carbonyl (C=O) groups is 2. The highest BCUT2D eigenvalue weighted by atomic mass is 16.6. The molecule has 1 unspecified atom stereocenters. The fourth-order valence-corrected chi connectivity index (χ4v) is 2.93. The van der Waals surface area contributed by atoms with Gasteiger partial charge in [-0.2, -0.15) is 0 Å². The quantitative estimate of drug-likeness (QED) is 0.866. The van der Waals surface area contributed by atoms with Crippen LogP contribution in [-0.4, -0.2) is 42.7 Å². The topological polar surface area (TPSA) is 67.9 Å². The van der Waals surface area contributed by atoms with Crippen LogP contribution in [0.5, 0.6) is 0 Å². The molecule has 0 saturated carbocycles. The molecule has 6 heteroatoms. The van der Waals surface area contributed by atoms with Crippen molar-refractivity contribution >= 4 is 12.1 Å². The lowest BCUT2D eigenvalue weighted by Gasteiger charge is -2.32. The molecule has 2 heterocycles. The molecule has 1 fully saturated rings. The Morgan fingerprint density at radius 1 is 1.36 bits per heavy atom. The van der Waals surface area contributed by atoms with Gasteiger partial charge in [-0.15, -0.1) is 0 Å². The third-order valence-electron chi connectivity index (χ3n) is 4.10. The normalized spacial score (nSPS) is 21.4. The Hall–Kier alpha value is -2.08. The number of piperidine rings is 1. The van der Waals surface area contributed by atoms with Gasteiger partial charge in [-0.3, -0.25) is 5.32 Å². The van der Waals surface area contributed by atoms with Gasteiger partial charge in [0.05, 0.1) is 12.2 Å². The van der Waals surface area contributed by atoms with Crippen LogP contribution in [0, 0.1) is 0 Å². The Morgan fingerprint density at radius 3 is 2.82 bits per heavy atom. The number of nitrogens with zero attached hydrogens (tertiary/aromatic N) is 1. The van der Waals surface area contributed by atoms with Crippen molar-refractivity contribution in [2.75, 3.05) is 19.7 Å². The van der Waals surface area contributed by atoms with Crippen molar-refractivity contribution in [3.8, 4) is 0 Å². The number of benzene rings is 1. The largest absolute Gasteiger partial charge is 0.450 e. The molecule has 2 aliphatic rings. The van der Waals surface area contributed by atoms with Crippen LogP contribution in [0.2, 0.25) is 0 Å². The van der Waals surface area contributed by atoms with Gasteiger partial charge in [-0.25, -0.2) is 9.59 Å². The van der Waals surface area contributed by atoms with Crippen LogP contribution in [-0.2, 0) is 9.47 Å². The summed E-state index contributed by atoms with van der Waals surface area (Å²) in [5.74, 6) is -0.281. The highest BCUT2D eigenvalue weighted by Crippen LogP contribution is 2.29. The van der Waals surface area contributed by atoms with Gasteiger partial charge in [0.2, 0.25) is 0 Å². The molecule has 0 spiro atoms. The van der Waals surface area contributed by atoms with Gasteiger partial charge in [-0.05, 0) is 25.8 Å². The molecule has 1 aromatic rings. The Bertz CT molecular complexity index is 567. The minimum Gasteiger partial charge on any atom is -0.450 e. The van der Waals surface area contributed by atoms with Gasteiger partial charge in [0, 0.05) is 24.7 Å². The summed E-state index contributed by atoms with van der Waals surface area (Å²) in [6, 6.07) is 7.64. The van der Waals surface area contributed by atoms with E-state index >= 15 is 0 Å². The first kappa shape index (κ1) is 14.8. The predicted octanol–water partition coefficient (Wildman–Crippen LogP) is 2.07. The van der Waals surface area contributed by atoms with E-state index in [0.717, 1.165) is 18.4 Å². The number of ether oxygens (including phenoxy) is 2. The van der Waals surface area contributed by atoms with Crippen molar-refractivity contribution in [1.29, 1.82) is 0 Å². The van der Waals surface area contributed by atoms with Crippen LogP contribution in [0.3, 0.4) is 0 Å². The number of fused-ring (bicyclic) bond motifs is 1. The molecular weight excluding hydrogens is 284 g/mol. The lowest BCUT2D eigenvalue weighted by molar-refractivity contribution is 0.0243. The maximum atomic E-state index is 11.8. The first-order chi connectivity index (χ1) is 10.7. The molecule has 1 atom stereocenters. The molecule has 0 radical (unpaired) electrons. The van der Waals surface area contributed by atoms with E-state index in [4.69, 9.17) is 9.47 Å². The zero-order valence-electron chi connectivity index (χ0n) is 12.6. The van der Waals surface area contributed by atoms with Crippen molar-refractivity contribution in [1.82, 2.24) is 10.2 Å². The predicted molar refractivity (Wildman–Crippen MR) is 79.4 cm³/mol. The van der Waals surface area contributed by atoms with Gasteiger partial charge in [-0.1, -0.05) is 18.2 Å². The molecule has 1 amide bonds. The maximum absolute atomic E-state index is 11.8. The Balaban J connectivity index is 1.56.